The molecule has 1 aliphatic rings. The van der Waals surface area contributed by atoms with Gasteiger partial charge in [-0.25, -0.2) is 4.39 Å². The second kappa shape index (κ2) is 5.83. The first-order chi connectivity index (χ1) is 8.72. The summed E-state index contributed by atoms with van der Waals surface area (Å²) in [5, 5.41) is 12.1. The molecule has 1 aromatic carbocycles. The van der Waals surface area contributed by atoms with E-state index in [0.717, 1.165) is 32.4 Å². The van der Waals surface area contributed by atoms with Gasteiger partial charge in [-0.15, -0.1) is 0 Å². The van der Waals surface area contributed by atoms with Crippen molar-refractivity contribution in [1.29, 1.82) is 5.26 Å². The Hall–Kier alpha value is -1.60. The van der Waals surface area contributed by atoms with Crippen LogP contribution in [0, 0.1) is 17.1 Å². The molecule has 0 spiro atoms. The summed E-state index contributed by atoms with van der Waals surface area (Å²) in [5.74, 6) is -0.311. The molecule has 1 N–H and O–H groups in total. The normalized spacial score (nSPS) is 19.9. The van der Waals surface area contributed by atoms with Crippen LogP contribution in [0.2, 0.25) is 0 Å². The van der Waals surface area contributed by atoms with Gasteiger partial charge in [0, 0.05) is 13.1 Å². The van der Waals surface area contributed by atoms with Crippen molar-refractivity contribution in [2.24, 2.45) is 0 Å². The second-order valence-electron chi connectivity index (χ2n) is 4.72. The zero-order valence-electron chi connectivity index (χ0n) is 10.6. The molecule has 0 amide bonds. The third-order valence-electron chi connectivity index (χ3n) is 3.55. The van der Waals surface area contributed by atoms with Gasteiger partial charge in [-0.2, -0.15) is 5.26 Å². The molecule has 1 saturated heterocycles. The van der Waals surface area contributed by atoms with Crippen LogP contribution in [-0.4, -0.2) is 26.2 Å². The quantitative estimate of drug-likeness (QED) is 0.871. The SMILES string of the molecule is CN(c1ccc(C#N)cc1F)C1CCCNCC1. The standard InChI is InChI=1S/C14H18FN3/c1-18(12-3-2-7-17-8-6-12)14-5-4-11(10-16)9-13(14)15/h4-5,9,12,17H,2-3,6-8H2,1H3. The van der Waals surface area contributed by atoms with Crippen LogP contribution >= 0.6 is 0 Å². The summed E-state index contributed by atoms with van der Waals surface area (Å²) in [6.45, 7) is 2.02. The number of rotatable bonds is 2. The van der Waals surface area contributed by atoms with Gasteiger partial charge in [0.05, 0.1) is 17.3 Å². The highest BCUT2D eigenvalue weighted by molar-refractivity contribution is 5.51. The number of hydrogen-bond donors (Lipinski definition) is 1. The van der Waals surface area contributed by atoms with E-state index in [2.05, 4.69) is 5.32 Å². The molecule has 1 aromatic rings. The van der Waals surface area contributed by atoms with E-state index in [9.17, 15) is 4.39 Å². The van der Waals surface area contributed by atoms with Gasteiger partial charge < -0.3 is 10.2 Å². The van der Waals surface area contributed by atoms with E-state index in [4.69, 9.17) is 5.26 Å². The largest absolute Gasteiger partial charge is 0.369 e. The van der Waals surface area contributed by atoms with E-state index in [-0.39, 0.29) is 5.82 Å². The first kappa shape index (κ1) is 12.8. The Balaban J connectivity index is 2.17. The second-order valence-corrected chi connectivity index (χ2v) is 4.72. The summed E-state index contributed by atoms with van der Waals surface area (Å²) in [6.07, 6.45) is 3.21. The minimum absolute atomic E-state index is 0.311. The van der Waals surface area contributed by atoms with Crippen LogP contribution in [0.4, 0.5) is 10.1 Å². The topological polar surface area (TPSA) is 39.1 Å². The maximum Gasteiger partial charge on any atom is 0.147 e. The van der Waals surface area contributed by atoms with E-state index >= 15 is 0 Å². The molecular weight excluding hydrogens is 229 g/mol. The molecule has 0 radical (unpaired) electrons. The predicted octanol–water partition coefficient (Wildman–Crippen LogP) is 2.28. The van der Waals surface area contributed by atoms with E-state index in [1.54, 1.807) is 12.1 Å². The lowest BCUT2D eigenvalue weighted by Crippen LogP contribution is -2.33. The molecule has 1 fully saturated rings. The summed E-state index contributed by atoms with van der Waals surface area (Å²) in [6, 6.07) is 7.00. The Morgan fingerprint density at radius 3 is 2.94 bits per heavy atom. The van der Waals surface area contributed by atoms with Gasteiger partial charge in [0.25, 0.3) is 0 Å². The predicted molar refractivity (Wildman–Crippen MR) is 70.0 cm³/mol. The summed E-state index contributed by atoms with van der Waals surface area (Å²) in [7, 11) is 1.93. The van der Waals surface area contributed by atoms with Crippen LogP contribution in [0.1, 0.15) is 24.8 Å². The minimum atomic E-state index is -0.311. The summed E-state index contributed by atoms with van der Waals surface area (Å²) in [4.78, 5) is 2.00. The molecule has 0 aliphatic carbocycles. The van der Waals surface area contributed by atoms with Crippen LogP contribution in [0.15, 0.2) is 18.2 Å². The summed E-state index contributed by atoms with van der Waals surface area (Å²) in [5.41, 5.74) is 0.952. The highest BCUT2D eigenvalue weighted by atomic mass is 19.1. The summed E-state index contributed by atoms with van der Waals surface area (Å²) < 4.78 is 13.9. The number of nitrogens with one attached hydrogen (secondary N) is 1. The summed E-state index contributed by atoms with van der Waals surface area (Å²) >= 11 is 0. The van der Waals surface area contributed by atoms with Gasteiger partial charge in [0.15, 0.2) is 0 Å². The Morgan fingerprint density at radius 1 is 1.39 bits per heavy atom. The molecule has 0 bridgehead atoms. The number of hydrogen-bond acceptors (Lipinski definition) is 3. The lowest BCUT2D eigenvalue weighted by atomic mass is 10.1. The molecule has 18 heavy (non-hydrogen) atoms. The number of nitriles is 1. The minimum Gasteiger partial charge on any atom is -0.369 e. The van der Waals surface area contributed by atoms with Gasteiger partial charge in [0.2, 0.25) is 0 Å². The van der Waals surface area contributed by atoms with Gasteiger partial charge in [0.1, 0.15) is 5.82 Å². The Morgan fingerprint density at radius 2 is 2.22 bits per heavy atom. The van der Waals surface area contributed by atoms with E-state index < -0.39 is 0 Å². The van der Waals surface area contributed by atoms with Crippen molar-refractivity contribution >= 4 is 5.69 Å². The molecule has 4 heteroatoms. The monoisotopic (exact) mass is 247 g/mol. The van der Waals surface area contributed by atoms with Crippen LogP contribution < -0.4 is 10.2 Å². The molecule has 96 valence electrons. The van der Waals surface area contributed by atoms with Crippen molar-refractivity contribution in [1.82, 2.24) is 5.32 Å². The zero-order chi connectivity index (χ0) is 13.0. The third-order valence-corrected chi connectivity index (χ3v) is 3.55. The first-order valence-electron chi connectivity index (χ1n) is 6.35. The van der Waals surface area contributed by atoms with Crippen LogP contribution in [0.5, 0.6) is 0 Å². The third kappa shape index (κ3) is 2.80. The highest BCUT2D eigenvalue weighted by Crippen LogP contribution is 2.24. The number of benzene rings is 1. The fourth-order valence-electron chi connectivity index (χ4n) is 2.45. The van der Waals surface area contributed by atoms with Crippen molar-refractivity contribution in [3.05, 3.63) is 29.6 Å². The van der Waals surface area contributed by atoms with Gasteiger partial charge in [-0.3, -0.25) is 0 Å². The molecule has 1 unspecified atom stereocenters. The average Bonchev–Trinajstić information content (AvgIpc) is 2.66. The lowest BCUT2D eigenvalue weighted by Gasteiger charge is -2.29. The van der Waals surface area contributed by atoms with Crippen molar-refractivity contribution in [3.8, 4) is 6.07 Å². The molecule has 1 aliphatic heterocycles. The molecule has 2 rings (SSSR count). The van der Waals surface area contributed by atoms with E-state index in [0.29, 0.717) is 17.3 Å². The maximum absolute atomic E-state index is 13.9. The zero-order valence-corrected chi connectivity index (χ0v) is 10.6. The van der Waals surface area contributed by atoms with Crippen molar-refractivity contribution in [2.75, 3.05) is 25.0 Å². The smallest absolute Gasteiger partial charge is 0.147 e. The Kier molecular flexibility index (Phi) is 4.16. The molecule has 1 heterocycles. The van der Waals surface area contributed by atoms with Gasteiger partial charge in [-0.1, -0.05) is 0 Å². The maximum atomic E-state index is 13.9. The van der Waals surface area contributed by atoms with Crippen LogP contribution in [-0.2, 0) is 0 Å². The number of halogens is 1. The van der Waals surface area contributed by atoms with Crippen molar-refractivity contribution < 1.29 is 4.39 Å². The fraction of sp³-hybridized carbons (Fsp3) is 0.500. The highest BCUT2D eigenvalue weighted by Gasteiger charge is 2.19. The number of nitrogens with zero attached hydrogens (tertiary/aromatic N) is 2. The molecule has 3 nitrogen and oxygen atoms in total. The number of anilines is 1. The fourth-order valence-corrected chi connectivity index (χ4v) is 2.45. The van der Waals surface area contributed by atoms with Crippen molar-refractivity contribution in [3.63, 3.8) is 0 Å². The molecule has 0 saturated carbocycles. The average molecular weight is 247 g/mol. The van der Waals surface area contributed by atoms with Crippen LogP contribution in [0.3, 0.4) is 0 Å². The van der Waals surface area contributed by atoms with Crippen molar-refractivity contribution in [2.45, 2.75) is 25.3 Å². The Labute approximate surface area is 107 Å². The molecule has 1 atom stereocenters. The molecule has 0 aromatic heterocycles. The first-order valence-corrected chi connectivity index (χ1v) is 6.35. The molecular formula is C14H18FN3. The van der Waals surface area contributed by atoms with Crippen LogP contribution in [0.25, 0.3) is 0 Å². The lowest BCUT2D eigenvalue weighted by molar-refractivity contribution is 0.548. The Bertz CT molecular complexity index is 445. The van der Waals surface area contributed by atoms with E-state index in [1.165, 1.54) is 6.07 Å². The van der Waals surface area contributed by atoms with E-state index in [1.807, 2.05) is 18.0 Å². The van der Waals surface area contributed by atoms with Gasteiger partial charge >= 0.3 is 0 Å². The van der Waals surface area contributed by atoms with Gasteiger partial charge in [-0.05, 0) is 50.6 Å².